The van der Waals surface area contributed by atoms with Gasteiger partial charge < -0.3 is 15.4 Å². The number of aryl methyl sites for hydroxylation is 1. The molecule has 0 spiro atoms. The van der Waals surface area contributed by atoms with Gasteiger partial charge in [-0.1, -0.05) is 0 Å². The Hall–Kier alpha value is -1.63. The number of nitrogens with zero attached hydrogens (tertiary/aromatic N) is 1. The van der Waals surface area contributed by atoms with E-state index in [1.807, 2.05) is 0 Å². The quantitative estimate of drug-likeness (QED) is 0.825. The van der Waals surface area contributed by atoms with Crippen LogP contribution in [0.2, 0.25) is 0 Å². The fraction of sp³-hybridized carbons (Fsp3) is 0.583. The lowest BCUT2D eigenvalue weighted by Crippen LogP contribution is -2.37. The van der Waals surface area contributed by atoms with Gasteiger partial charge in [-0.25, -0.2) is 9.78 Å². The molecule has 0 bridgehead atoms. The second kappa shape index (κ2) is 6.51. The average Bonchev–Trinajstić information content (AvgIpc) is 2.68. The van der Waals surface area contributed by atoms with Crippen molar-refractivity contribution < 1.29 is 14.3 Å². The number of rotatable bonds is 4. The van der Waals surface area contributed by atoms with Crippen LogP contribution in [0.5, 0.6) is 0 Å². The van der Waals surface area contributed by atoms with Crippen LogP contribution in [0.15, 0.2) is 5.51 Å². The van der Waals surface area contributed by atoms with Crippen molar-refractivity contribution in [2.24, 2.45) is 0 Å². The van der Waals surface area contributed by atoms with Gasteiger partial charge in [0.25, 0.3) is 5.91 Å². The van der Waals surface area contributed by atoms with Crippen molar-refractivity contribution in [1.29, 1.82) is 0 Å². The summed E-state index contributed by atoms with van der Waals surface area (Å²) >= 11 is 1.29. The Labute approximate surface area is 116 Å². The van der Waals surface area contributed by atoms with Gasteiger partial charge in [-0.3, -0.25) is 4.79 Å². The summed E-state index contributed by atoms with van der Waals surface area (Å²) in [5, 5.41) is 5.27. The average molecular weight is 285 g/mol. The van der Waals surface area contributed by atoms with Crippen LogP contribution in [0, 0.1) is 6.92 Å². The molecule has 0 radical (unpaired) electrons. The lowest BCUT2D eigenvalue weighted by Gasteiger charge is -2.19. The molecule has 1 aromatic rings. The van der Waals surface area contributed by atoms with Crippen molar-refractivity contribution in [1.82, 2.24) is 15.6 Å². The van der Waals surface area contributed by atoms with Crippen LogP contribution in [-0.2, 0) is 4.74 Å². The zero-order chi connectivity index (χ0) is 14.5. The maximum atomic E-state index is 11.7. The third-order valence-corrected chi connectivity index (χ3v) is 2.96. The van der Waals surface area contributed by atoms with Crippen LogP contribution in [0.4, 0.5) is 4.79 Å². The van der Waals surface area contributed by atoms with Gasteiger partial charge in [0, 0.05) is 13.1 Å². The zero-order valence-corrected chi connectivity index (χ0v) is 12.4. The molecule has 1 rings (SSSR count). The number of thiazole rings is 1. The van der Waals surface area contributed by atoms with E-state index >= 15 is 0 Å². The predicted molar refractivity (Wildman–Crippen MR) is 73.4 cm³/mol. The molecular formula is C12H19N3O3S. The topological polar surface area (TPSA) is 80.3 Å². The van der Waals surface area contributed by atoms with E-state index in [9.17, 15) is 9.59 Å². The van der Waals surface area contributed by atoms with Gasteiger partial charge >= 0.3 is 6.09 Å². The summed E-state index contributed by atoms with van der Waals surface area (Å²) in [6.07, 6.45) is -0.490. The Morgan fingerprint density at radius 3 is 2.47 bits per heavy atom. The molecular weight excluding hydrogens is 266 g/mol. The number of alkyl carbamates (subject to hydrolysis) is 1. The lowest BCUT2D eigenvalue weighted by molar-refractivity contribution is 0.0526. The first kappa shape index (κ1) is 15.4. The normalized spacial score (nSPS) is 10.9. The molecule has 19 heavy (non-hydrogen) atoms. The highest BCUT2D eigenvalue weighted by Crippen LogP contribution is 2.11. The minimum atomic E-state index is -0.521. The summed E-state index contributed by atoms with van der Waals surface area (Å²) in [5.74, 6) is -0.175. The monoisotopic (exact) mass is 285 g/mol. The number of ether oxygens (including phenoxy) is 1. The predicted octanol–water partition coefficient (Wildman–Crippen LogP) is 1.71. The molecule has 0 aliphatic rings. The van der Waals surface area contributed by atoms with Gasteiger partial charge in [0.2, 0.25) is 0 Å². The largest absolute Gasteiger partial charge is 0.444 e. The third kappa shape index (κ3) is 5.69. The Morgan fingerprint density at radius 2 is 1.95 bits per heavy atom. The van der Waals surface area contributed by atoms with Crippen LogP contribution < -0.4 is 10.6 Å². The van der Waals surface area contributed by atoms with Crippen molar-refractivity contribution >= 4 is 23.3 Å². The Morgan fingerprint density at radius 1 is 1.32 bits per heavy atom. The molecule has 0 aliphatic heterocycles. The van der Waals surface area contributed by atoms with Crippen molar-refractivity contribution in [2.75, 3.05) is 13.1 Å². The standard InChI is InChI=1S/C12H19N3O3S/c1-8-9(19-7-15-8)10(16)13-5-6-14-11(17)18-12(2,3)4/h7H,5-6H2,1-4H3,(H,13,16)(H,14,17). The van der Waals surface area contributed by atoms with Crippen molar-refractivity contribution in [2.45, 2.75) is 33.3 Å². The summed E-state index contributed by atoms with van der Waals surface area (Å²) < 4.78 is 5.07. The molecule has 106 valence electrons. The summed E-state index contributed by atoms with van der Waals surface area (Å²) in [5.41, 5.74) is 1.82. The highest BCUT2D eigenvalue weighted by Gasteiger charge is 2.15. The molecule has 7 heteroatoms. The van der Waals surface area contributed by atoms with Gasteiger partial charge in [-0.2, -0.15) is 0 Å². The van der Waals surface area contributed by atoms with E-state index in [2.05, 4.69) is 15.6 Å². The Bertz CT molecular complexity index is 451. The molecule has 0 atom stereocenters. The Kier molecular flexibility index (Phi) is 5.29. The van der Waals surface area contributed by atoms with E-state index in [-0.39, 0.29) is 5.91 Å². The number of carbonyl (C=O) groups is 2. The van der Waals surface area contributed by atoms with E-state index in [0.717, 1.165) is 0 Å². The van der Waals surface area contributed by atoms with E-state index in [1.165, 1.54) is 11.3 Å². The number of hydrogen-bond donors (Lipinski definition) is 2. The number of hydrogen-bond acceptors (Lipinski definition) is 5. The smallest absolute Gasteiger partial charge is 0.407 e. The van der Waals surface area contributed by atoms with Gasteiger partial charge in [0.15, 0.2) is 0 Å². The van der Waals surface area contributed by atoms with Gasteiger partial charge in [0.05, 0.1) is 11.2 Å². The molecule has 0 fully saturated rings. The highest BCUT2D eigenvalue weighted by molar-refractivity contribution is 7.11. The first-order valence-electron chi connectivity index (χ1n) is 5.95. The molecule has 0 saturated heterocycles. The minimum Gasteiger partial charge on any atom is -0.444 e. The number of nitrogens with one attached hydrogen (secondary N) is 2. The number of carbonyl (C=O) groups excluding carboxylic acids is 2. The maximum absolute atomic E-state index is 11.7. The van der Waals surface area contributed by atoms with Crippen LogP contribution in [0.3, 0.4) is 0 Å². The molecule has 1 heterocycles. The van der Waals surface area contributed by atoms with Crippen LogP contribution >= 0.6 is 11.3 Å². The molecule has 0 unspecified atom stereocenters. The van der Waals surface area contributed by atoms with Crippen LogP contribution in [0.25, 0.3) is 0 Å². The highest BCUT2D eigenvalue weighted by atomic mass is 32.1. The molecule has 6 nitrogen and oxygen atoms in total. The number of aromatic nitrogens is 1. The molecule has 2 N–H and O–H groups in total. The van der Waals surface area contributed by atoms with Gasteiger partial charge in [0.1, 0.15) is 10.5 Å². The van der Waals surface area contributed by atoms with Crippen molar-refractivity contribution in [3.63, 3.8) is 0 Å². The maximum Gasteiger partial charge on any atom is 0.407 e. The summed E-state index contributed by atoms with van der Waals surface area (Å²) in [7, 11) is 0. The third-order valence-electron chi connectivity index (χ3n) is 2.03. The fourth-order valence-corrected chi connectivity index (χ4v) is 1.97. The first-order chi connectivity index (χ1) is 8.79. The van der Waals surface area contributed by atoms with Gasteiger partial charge in [-0.15, -0.1) is 11.3 Å². The fourth-order valence-electron chi connectivity index (χ4n) is 1.25. The van der Waals surface area contributed by atoms with E-state index < -0.39 is 11.7 Å². The van der Waals surface area contributed by atoms with E-state index in [4.69, 9.17) is 4.74 Å². The lowest BCUT2D eigenvalue weighted by atomic mass is 10.2. The summed E-state index contributed by atoms with van der Waals surface area (Å²) in [6, 6.07) is 0. The number of amides is 2. The molecule has 0 saturated carbocycles. The molecule has 0 aliphatic carbocycles. The summed E-state index contributed by atoms with van der Waals surface area (Å²) in [6.45, 7) is 7.82. The minimum absolute atomic E-state index is 0.175. The van der Waals surface area contributed by atoms with Gasteiger partial charge in [-0.05, 0) is 27.7 Å². The zero-order valence-electron chi connectivity index (χ0n) is 11.6. The summed E-state index contributed by atoms with van der Waals surface area (Å²) in [4.78, 5) is 27.6. The SMILES string of the molecule is Cc1ncsc1C(=O)NCCNC(=O)OC(C)(C)C. The second-order valence-electron chi connectivity index (χ2n) is 4.95. The van der Waals surface area contributed by atoms with Crippen molar-refractivity contribution in [3.8, 4) is 0 Å². The van der Waals surface area contributed by atoms with Crippen LogP contribution in [0.1, 0.15) is 36.1 Å². The van der Waals surface area contributed by atoms with Crippen molar-refractivity contribution in [3.05, 3.63) is 16.1 Å². The van der Waals surface area contributed by atoms with E-state index in [0.29, 0.717) is 23.7 Å². The second-order valence-corrected chi connectivity index (χ2v) is 5.81. The molecule has 0 aromatic carbocycles. The van der Waals surface area contributed by atoms with Crippen LogP contribution in [-0.4, -0.2) is 35.7 Å². The molecule has 2 amide bonds. The van der Waals surface area contributed by atoms with E-state index in [1.54, 1.807) is 33.2 Å². The first-order valence-corrected chi connectivity index (χ1v) is 6.82. The molecule has 1 aromatic heterocycles. The Balaban J connectivity index is 2.23.